The van der Waals surface area contributed by atoms with Crippen molar-refractivity contribution >= 4 is 5.91 Å². The van der Waals surface area contributed by atoms with Gasteiger partial charge in [0.05, 0.1) is 0 Å². The summed E-state index contributed by atoms with van der Waals surface area (Å²) < 4.78 is 12.8. The van der Waals surface area contributed by atoms with Crippen molar-refractivity contribution in [2.45, 2.75) is 45.8 Å². The molecule has 0 bridgehead atoms. The summed E-state index contributed by atoms with van der Waals surface area (Å²) in [6.07, 6.45) is 3.29. The first-order chi connectivity index (χ1) is 14.1. The minimum absolute atomic E-state index is 0.0306. The van der Waals surface area contributed by atoms with Crippen LogP contribution in [-0.4, -0.2) is 43.8 Å². The van der Waals surface area contributed by atoms with Crippen molar-refractivity contribution in [1.29, 1.82) is 0 Å². The van der Waals surface area contributed by atoms with Crippen molar-refractivity contribution in [3.05, 3.63) is 59.5 Å². The van der Waals surface area contributed by atoms with Gasteiger partial charge in [-0.25, -0.2) is 0 Å². The number of benzene rings is 1. The number of carbonyl (C=O) groups is 1. The maximum atomic E-state index is 12.7. The third-order valence-corrected chi connectivity index (χ3v) is 5.25. The summed E-state index contributed by atoms with van der Waals surface area (Å²) in [6.45, 7) is 6.27. The van der Waals surface area contributed by atoms with E-state index in [0.29, 0.717) is 37.0 Å². The zero-order valence-corrected chi connectivity index (χ0v) is 16.7. The van der Waals surface area contributed by atoms with Crippen LogP contribution in [0.4, 0.5) is 0 Å². The zero-order chi connectivity index (χ0) is 20.2. The van der Waals surface area contributed by atoms with Gasteiger partial charge in [0.2, 0.25) is 0 Å². The van der Waals surface area contributed by atoms with E-state index < -0.39 is 0 Å². The molecule has 0 N–H and O–H groups in total. The molecule has 4 rings (SSSR count). The van der Waals surface area contributed by atoms with E-state index in [1.54, 1.807) is 16.9 Å². The monoisotopic (exact) mass is 395 g/mol. The SMILES string of the molecule is CCn1nccc1C(=O)N1CCC(c2noc(COc3ccc(C)cc3)n2)CC1. The zero-order valence-electron chi connectivity index (χ0n) is 16.7. The highest BCUT2D eigenvalue weighted by atomic mass is 16.5. The lowest BCUT2D eigenvalue weighted by molar-refractivity contribution is 0.0698. The van der Waals surface area contributed by atoms with Crippen LogP contribution in [0.25, 0.3) is 0 Å². The Hall–Kier alpha value is -3.16. The van der Waals surface area contributed by atoms with Crippen LogP contribution < -0.4 is 4.74 Å². The number of likely N-dealkylation sites (tertiary alicyclic amines) is 1. The Labute approximate surface area is 169 Å². The van der Waals surface area contributed by atoms with Gasteiger partial charge >= 0.3 is 0 Å². The molecule has 0 saturated carbocycles. The number of hydrogen-bond acceptors (Lipinski definition) is 6. The lowest BCUT2D eigenvalue weighted by Gasteiger charge is -2.30. The van der Waals surface area contributed by atoms with Crippen LogP contribution in [0.5, 0.6) is 5.75 Å². The fourth-order valence-electron chi connectivity index (χ4n) is 3.54. The molecular formula is C21H25N5O3. The smallest absolute Gasteiger partial charge is 0.272 e. The molecule has 1 amide bonds. The Bertz CT molecular complexity index is 955. The number of nitrogens with zero attached hydrogens (tertiary/aromatic N) is 5. The highest BCUT2D eigenvalue weighted by Gasteiger charge is 2.28. The molecule has 0 radical (unpaired) electrons. The van der Waals surface area contributed by atoms with Gasteiger partial charge in [0.15, 0.2) is 12.4 Å². The second kappa shape index (κ2) is 8.46. The van der Waals surface area contributed by atoms with Crippen LogP contribution >= 0.6 is 0 Å². The summed E-state index contributed by atoms with van der Waals surface area (Å²) in [6, 6.07) is 9.61. The molecule has 2 aromatic heterocycles. The maximum absolute atomic E-state index is 12.7. The summed E-state index contributed by atoms with van der Waals surface area (Å²) in [7, 11) is 0. The number of aryl methyl sites for hydroxylation is 2. The molecule has 1 saturated heterocycles. The van der Waals surface area contributed by atoms with E-state index in [2.05, 4.69) is 15.2 Å². The first-order valence-corrected chi connectivity index (χ1v) is 9.97. The van der Waals surface area contributed by atoms with Crippen LogP contribution in [0, 0.1) is 6.92 Å². The molecule has 8 nitrogen and oxygen atoms in total. The van der Waals surface area contributed by atoms with Gasteiger partial charge in [-0.1, -0.05) is 22.9 Å². The summed E-state index contributed by atoms with van der Waals surface area (Å²) in [5.41, 5.74) is 1.82. The average molecular weight is 395 g/mol. The van der Waals surface area contributed by atoms with Crippen LogP contribution in [0.2, 0.25) is 0 Å². The molecule has 0 aliphatic carbocycles. The Kier molecular flexibility index (Phi) is 5.59. The number of hydrogen-bond donors (Lipinski definition) is 0. The molecule has 1 aliphatic rings. The minimum atomic E-state index is 0.0306. The molecule has 8 heteroatoms. The molecule has 152 valence electrons. The van der Waals surface area contributed by atoms with Crippen molar-refractivity contribution in [3.63, 3.8) is 0 Å². The number of rotatable bonds is 6. The van der Waals surface area contributed by atoms with E-state index in [9.17, 15) is 4.79 Å². The quantitative estimate of drug-likeness (QED) is 0.637. The summed E-state index contributed by atoms with van der Waals surface area (Å²) >= 11 is 0. The van der Waals surface area contributed by atoms with Gasteiger partial charge in [-0.2, -0.15) is 10.1 Å². The first-order valence-electron chi connectivity index (χ1n) is 9.97. The lowest BCUT2D eigenvalue weighted by atomic mass is 9.96. The molecule has 0 atom stereocenters. The maximum Gasteiger partial charge on any atom is 0.272 e. The Morgan fingerprint density at radius 3 is 2.69 bits per heavy atom. The normalized spacial score (nSPS) is 14.9. The second-order valence-corrected chi connectivity index (χ2v) is 7.25. The van der Waals surface area contributed by atoms with Crippen molar-refractivity contribution in [3.8, 4) is 5.75 Å². The summed E-state index contributed by atoms with van der Waals surface area (Å²) in [4.78, 5) is 19.1. The molecule has 3 aromatic rings. The van der Waals surface area contributed by atoms with Gasteiger partial charge in [-0.3, -0.25) is 9.48 Å². The molecule has 1 aromatic carbocycles. The van der Waals surface area contributed by atoms with Crippen LogP contribution in [0.3, 0.4) is 0 Å². The van der Waals surface area contributed by atoms with Crippen molar-refractivity contribution in [2.24, 2.45) is 0 Å². The average Bonchev–Trinajstić information content (AvgIpc) is 3.42. The molecule has 0 spiro atoms. The third-order valence-electron chi connectivity index (χ3n) is 5.25. The van der Waals surface area contributed by atoms with E-state index in [-0.39, 0.29) is 18.4 Å². The molecular weight excluding hydrogens is 370 g/mol. The van der Waals surface area contributed by atoms with Crippen LogP contribution in [0.15, 0.2) is 41.1 Å². The van der Waals surface area contributed by atoms with Crippen molar-refractivity contribution in [2.75, 3.05) is 13.1 Å². The largest absolute Gasteiger partial charge is 0.484 e. The predicted molar refractivity (Wildman–Crippen MR) is 106 cm³/mol. The molecule has 3 heterocycles. The summed E-state index contributed by atoms with van der Waals surface area (Å²) in [5, 5.41) is 8.31. The number of aromatic nitrogens is 4. The molecule has 1 aliphatic heterocycles. The predicted octanol–water partition coefficient (Wildman–Crippen LogP) is 3.19. The van der Waals surface area contributed by atoms with E-state index in [0.717, 1.165) is 18.6 Å². The minimum Gasteiger partial charge on any atom is -0.484 e. The summed E-state index contributed by atoms with van der Waals surface area (Å²) in [5.74, 6) is 2.15. The number of carbonyl (C=O) groups excluding carboxylic acids is 1. The van der Waals surface area contributed by atoms with Gasteiger partial charge in [-0.05, 0) is 44.9 Å². The molecule has 1 fully saturated rings. The van der Waals surface area contributed by atoms with Crippen molar-refractivity contribution in [1.82, 2.24) is 24.8 Å². The van der Waals surface area contributed by atoms with Gasteiger partial charge < -0.3 is 14.2 Å². The number of ether oxygens (including phenoxy) is 1. The van der Waals surface area contributed by atoms with Gasteiger partial charge in [0.1, 0.15) is 11.4 Å². The lowest BCUT2D eigenvalue weighted by Crippen LogP contribution is -2.39. The van der Waals surface area contributed by atoms with Gasteiger partial charge in [-0.15, -0.1) is 0 Å². The van der Waals surface area contributed by atoms with E-state index in [1.165, 1.54) is 5.56 Å². The van der Waals surface area contributed by atoms with Crippen molar-refractivity contribution < 1.29 is 14.1 Å². The molecule has 0 unspecified atom stereocenters. The van der Waals surface area contributed by atoms with E-state index in [1.807, 2.05) is 43.0 Å². The Balaban J connectivity index is 1.31. The van der Waals surface area contributed by atoms with Crippen LogP contribution in [0.1, 0.15) is 53.5 Å². The first kappa shape index (κ1) is 19.2. The number of piperidine rings is 1. The second-order valence-electron chi connectivity index (χ2n) is 7.25. The fourth-order valence-corrected chi connectivity index (χ4v) is 3.54. The third kappa shape index (κ3) is 4.31. The standard InChI is InChI=1S/C21H25N5O3/c1-3-26-18(8-11-22-26)21(27)25-12-9-16(10-13-25)20-23-19(29-24-20)14-28-17-6-4-15(2)5-7-17/h4-8,11,16H,3,9-10,12-14H2,1-2H3. The number of amides is 1. The fraction of sp³-hybridized carbons (Fsp3) is 0.429. The van der Waals surface area contributed by atoms with E-state index >= 15 is 0 Å². The highest BCUT2D eigenvalue weighted by molar-refractivity contribution is 5.92. The van der Waals surface area contributed by atoms with E-state index in [4.69, 9.17) is 9.26 Å². The van der Waals surface area contributed by atoms with Gasteiger partial charge in [0, 0.05) is 31.7 Å². The molecule has 29 heavy (non-hydrogen) atoms. The highest BCUT2D eigenvalue weighted by Crippen LogP contribution is 2.27. The van der Waals surface area contributed by atoms with Gasteiger partial charge in [0.25, 0.3) is 11.8 Å². The van der Waals surface area contributed by atoms with Crippen LogP contribution in [-0.2, 0) is 13.2 Å². The Morgan fingerprint density at radius 1 is 1.21 bits per heavy atom. The Morgan fingerprint density at radius 2 is 1.97 bits per heavy atom. The topological polar surface area (TPSA) is 86.3 Å².